The van der Waals surface area contributed by atoms with E-state index in [1.165, 1.54) is 9.87 Å². The van der Waals surface area contributed by atoms with Gasteiger partial charge < -0.3 is 4.74 Å². The molecule has 4 rings (SSSR count). The second-order valence-corrected chi connectivity index (χ2v) is 10.8. The minimum Gasteiger partial charge on any atom is -0.454 e. The Morgan fingerprint density at radius 3 is 2.38 bits per heavy atom. The van der Waals surface area contributed by atoms with Crippen molar-refractivity contribution in [2.45, 2.75) is 50.0 Å². The SMILES string of the molecule is CC(OC(=O)C1CCN(S(=O)(=O)c2ccc3c(c2)CCC3)CC1)C(=O)c1ccc(Cl)cc1. The Morgan fingerprint density at radius 2 is 1.69 bits per heavy atom. The van der Waals surface area contributed by atoms with Crippen LogP contribution in [0, 0.1) is 5.92 Å². The van der Waals surface area contributed by atoms with Gasteiger partial charge >= 0.3 is 5.97 Å². The highest BCUT2D eigenvalue weighted by molar-refractivity contribution is 7.89. The predicted molar refractivity (Wildman–Crippen MR) is 121 cm³/mol. The molecule has 2 aliphatic rings. The summed E-state index contributed by atoms with van der Waals surface area (Å²) in [6.07, 6.45) is 2.79. The summed E-state index contributed by atoms with van der Waals surface area (Å²) < 4.78 is 33.0. The molecule has 0 radical (unpaired) electrons. The van der Waals surface area contributed by atoms with Crippen LogP contribution in [0.25, 0.3) is 0 Å². The summed E-state index contributed by atoms with van der Waals surface area (Å²) >= 11 is 5.85. The number of carbonyl (C=O) groups is 2. The number of halogens is 1. The first-order valence-electron chi connectivity index (χ1n) is 10.9. The van der Waals surface area contributed by atoms with Gasteiger partial charge in [-0.3, -0.25) is 9.59 Å². The lowest BCUT2D eigenvalue weighted by Crippen LogP contribution is -2.41. The fraction of sp³-hybridized carbons (Fsp3) is 0.417. The van der Waals surface area contributed by atoms with Gasteiger partial charge in [-0.1, -0.05) is 17.7 Å². The molecule has 170 valence electrons. The van der Waals surface area contributed by atoms with Crippen molar-refractivity contribution in [1.82, 2.24) is 4.31 Å². The Morgan fingerprint density at radius 1 is 1.03 bits per heavy atom. The number of nitrogens with zero attached hydrogens (tertiary/aromatic N) is 1. The summed E-state index contributed by atoms with van der Waals surface area (Å²) in [4.78, 5) is 25.4. The van der Waals surface area contributed by atoms with E-state index in [1.54, 1.807) is 43.3 Å². The van der Waals surface area contributed by atoms with Crippen LogP contribution in [0.5, 0.6) is 0 Å². The fourth-order valence-electron chi connectivity index (χ4n) is 4.36. The van der Waals surface area contributed by atoms with Crippen LogP contribution in [-0.2, 0) is 32.4 Å². The lowest BCUT2D eigenvalue weighted by atomic mass is 9.98. The van der Waals surface area contributed by atoms with Crippen molar-refractivity contribution in [2.75, 3.05) is 13.1 Å². The van der Waals surface area contributed by atoms with E-state index in [9.17, 15) is 18.0 Å². The van der Waals surface area contributed by atoms with E-state index in [0.29, 0.717) is 28.3 Å². The van der Waals surface area contributed by atoms with Crippen LogP contribution in [0.1, 0.15) is 47.7 Å². The normalized spacial score (nSPS) is 18.2. The highest BCUT2D eigenvalue weighted by Crippen LogP contribution is 2.29. The molecule has 6 nitrogen and oxygen atoms in total. The van der Waals surface area contributed by atoms with Crippen LogP contribution in [0.15, 0.2) is 47.4 Å². The van der Waals surface area contributed by atoms with Gasteiger partial charge in [-0.2, -0.15) is 4.31 Å². The minimum atomic E-state index is -3.59. The third kappa shape index (κ3) is 4.75. The molecule has 1 unspecified atom stereocenters. The third-order valence-corrected chi connectivity index (χ3v) is 8.43. The average molecular weight is 476 g/mol. The number of carbonyl (C=O) groups excluding carboxylic acids is 2. The van der Waals surface area contributed by atoms with E-state index in [4.69, 9.17) is 16.3 Å². The summed E-state index contributed by atoms with van der Waals surface area (Å²) in [6, 6.07) is 11.8. The highest BCUT2D eigenvalue weighted by Gasteiger charge is 2.34. The van der Waals surface area contributed by atoms with E-state index in [0.717, 1.165) is 24.8 Å². The first-order chi connectivity index (χ1) is 15.3. The number of fused-ring (bicyclic) bond motifs is 1. The molecule has 1 aliphatic heterocycles. The molecule has 1 aliphatic carbocycles. The number of Topliss-reactive ketones (excluding diaryl/α,β-unsaturated/α-hetero) is 1. The number of hydrogen-bond acceptors (Lipinski definition) is 5. The van der Waals surface area contributed by atoms with Crippen LogP contribution in [0.4, 0.5) is 0 Å². The molecule has 2 aromatic carbocycles. The maximum atomic E-state index is 13.1. The monoisotopic (exact) mass is 475 g/mol. The molecule has 0 amide bonds. The smallest absolute Gasteiger partial charge is 0.309 e. The van der Waals surface area contributed by atoms with Crippen LogP contribution in [0.3, 0.4) is 0 Å². The molecule has 2 aromatic rings. The number of ketones is 1. The standard InChI is InChI=1S/C24H26ClNO5S/c1-16(23(27)18-5-8-21(25)9-6-18)31-24(28)19-11-13-26(14-12-19)32(29,30)22-10-7-17-3-2-4-20(17)15-22/h5-10,15-16,19H,2-4,11-14H2,1H3. The van der Waals surface area contributed by atoms with Crippen LogP contribution < -0.4 is 0 Å². The van der Waals surface area contributed by atoms with Gasteiger partial charge in [-0.25, -0.2) is 8.42 Å². The van der Waals surface area contributed by atoms with Crippen molar-refractivity contribution in [2.24, 2.45) is 5.92 Å². The lowest BCUT2D eigenvalue weighted by molar-refractivity contribution is -0.152. The van der Waals surface area contributed by atoms with E-state index in [2.05, 4.69) is 0 Å². The van der Waals surface area contributed by atoms with Crippen molar-refractivity contribution in [3.8, 4) is 0 Å². The number of aryl methyl sites for hydroxylation is 2. The molecule has 8 heteroatoms. The third-order valence-electron chi connectivity index (χ3n) is 6.29. The molecular formula is C24H26ClNO5S. The summed E-state index contributed by atoms with van der Waals surface area (Å²) in [5, 5.41) is 0.521. The second kappa shape index (κ2) is 9.33. The highest BCUT2D eigenvalue weighted by atomic mass is 35.5. The summed E-state index contributed by atoms with van der Waals surface area (Å²) in [5.74, 6) is -1.19. The molecule has 1 heterocycles. The molecule has 1 fully saturated rings. The molecule has 0 aromatic heterocycles. The molecule has 1 atom stereocenters. The van der Waals surface area contributed by atoms with Crippen LogP contribution in [-0.4, -0.2) is 43.7 Å². The Labute approximate surface area is 193 Å². The maximum Gasteiger partial charge on any atom is 0.309 e. The van der Waals surface area contributed by atoms with Crippen molar-refractivity contribution in [1.29, 1.82) is 0 Å². The Bertz CT molecular complexity index is 1120. The molecule has 32 heavy (non-hydrogen) atoms. The lowest BCUT2D eigenvalue weighted by Gasteiger charge is -2.30. The number of piperidine rings is 1. The molecule has 0 saturated carbocycles. The molecular weight excluding hydrogens is 450 g/mol. The van der Waals surface area contributed by atoms with E-state index >= 15 is 0 Å². The summed E-state index contributed by atoms with van der Waals surface area (Å²) in [5.41, 5.74) is 2.77. The zero-order valence-electron chi connectivity index (χ0n) is 17.9. The number of benzene rings is 2. The minimum absolute atomic E-state index is 0.249. The van der Waals surface area contributed by atoms with Crippen molar-refractivity contribution in [3.05, 3.63) is 64.2 Å². The van der Waals surface area contributed by atoms with Crippen molar-refractivity contribution >= 4 is 33.4 Å². The van der Waals surface area contributed by atoms with E-state index in [-0.39, 0.29) is 18.9 Å². The first kappa shape index (κ1) is 23.0. The number of sulfonamides is 1. The Hall–Kier alpha value is -2.22. The van der Waals surface area contributed by atoms with Gasteiger partial charge in [0.15, 0.2) is 6.10 Å². The van der Waals surface area contributed by atoms with Gasteiger partial charge in [0, 0.05) is 23.7 Å². The number of hydrogen-bond donors (Lipinski definition) is 0. The van der Waals surface area contributed by atoms with E-state index in [1.807, 2.05) is 6.07 Å². The quantitative estimate of drug-likeness (QED) is 0.465. The zero-order valence-corrected chi connectivity index (χ0v) is 19.5. The molecule has 1 saturated heterocycles. The predicted octanol–water partition coefficient (Wildman–Crippen LogP) is 4.04. The molecule has 0 bridgehead atoms. The van der Waals surface area contributed by atoms with Gasteiger partial charge in [0.1, 0.15) is 0 Å². The number of esters is 1. The first-order valence-corrected chi connectivity index (χ1v) is 12.7. The second-order valence-electron chi connectivity index (χ2n) is 8.41. The van der Waals surface area contributed by atoms with Gasteiger partial charge in [-0.15, -0.1) is 0 Å². The van der Waals surface area contributed by atoms with Gasteiger partial charge in [-0.05, 0) is 86.6 Å². The zero-order chi connectivity index (χ0) is 22.9. The maximum absolute atomic E-state index is 13.1. The number of ether oxygens (including phenoxy) is 1. The summed E-state index contributed by atoms with van der Waals surface area (Å²) in [7, 11) is -3.59. The molecule has 0 spiro atoms. The van der Waals surface area contributed by atoms with Gasteiger partial charge in [0.25, 0.3) is 0 Å². The average Bonchev–Trinajstić information content (AvgIpc) is 3.27. The van der Waals surface area contributed by atoms with Crippen LogP contribution >= 0.6 is 11.6 Å². The van der Waals surface area contributed by atoms with Gasteiger partial charge in [0.05, 0.1) is 10.8 Å². The Kier molecular flexibility index (Phi) is 6.70. The topological polar surface area (TPSA) is 80.8 Å². The van der Waals surface area contributed by atoms with Crippen LogP contribution in [0.2, 0.25) is 5.02 Å². The Balaban J connectivity index is 1.34. The molecule has 0 N–H and O–H groups in total. The van der Waals surface area contributed by atoms with E-state index < -0.39 is 28.0 Å². The van der Waals surface area contributed by atoms with Crippen molar-refractivity contribution < 1.29 is 22.7 Å². The number of rotatable bonds is 6. The van der Waals surface area contributed by atoms with Crippen molar-refractivity contribution in [3.63, 3.8) is 0 Å². The summed E-state index contributed by atoms with van der Waals surface area (Å²) in [6.45, 7) is 2.04. The fourth-order valence-corrected chi connectivity index (χ4v) is 6.01. The largest absolute Gasteiger partial charge is 0.454 e. The van der Waals surface area contributed by atoms with Gasteiger partial charge in [0.2, 0.25) is 15.8 Å².